The van der Waals surface area contributed by atoms with E-state index < -0.39 is 0 Å². The minimum atomic E-state index is -0.122. The van der Waals surface area contributed by atoms with Crippen LogP contribution in [-0.2, 0) is 22.5 Å². The van der Waals surface area contributed by atoms with Crippen LogP contribution in [0.1, 0.15) is 24.6 Å². The Bertz CT molecular complexity index is 1290. The van der Waals surface area contributed by atoms with E-state index in [1.165, 1.54) is 28.0 Å². The molecule has 1 atom stereocenters. The number of carbonyl (C=O) groups excluding carboxylic acids is 1. The van der Waals surface area contributed by atoms with E-state index in [1.54, 1.807) is 11.3 Å². The molecule has 4 heterocycles. The molecule has 1 amide bonds. The molecule has 0 aliphatic carbocycles. The number of thiophene rings is 1. The second kappa shape index (κ2) is 11.3. The lowest BCUT2D eigenvalue weighted by Crippen LogP contribution is -2.18. The van der Waals surface area contributed by atoms with Crippen molar-refractivity contribution in [1.29, 1.82) is 0 Å². The number of nitrogens with one attached hydrogen (secondary N) is 1. The number of hydrogen-bond acceptors (Lipinski definition) is 8. The molecule has 7 nitrogen and oxygen atoms in total. The average molecular weight is 591 g/mol. The van der Waals surface area contributed by atoms with Crippen molar-refractivity contribution in [3.05, 3.63) is 50.4 Å². The molecule has 1 aliphatic heterocycles. The fraction of sp³-hybridized carbons (Fsp3) is 0.333. The topological polar surface area (TPSA) is 81.9 Å². The summed E-state index contributed by atoms with van der Waals surface area (Å²) in [6, 6.07) is 10.1. The molecule has 182 valence electrons. The molecule has 1 aliphatic rings. The number of aryl methyl sites for hydroxylation is 1. The fourth-order valence-electron chi connectivity index (χ4n) is 3.82. The van der Waals surface area contributed by atoms with Crippen LogP contribution < -0.4 is 5.32 Å². The summed E-state index contributed by atoms with van der Waals surface area (Å²) in [6.07, 6.45) is 3.24. The molecule has 1 saturated heterocycles. The number of nitrogens with zero attached hydrogens (tertiary/aromatic N) is 4. The lowest BCUT2D eigenvalue weighted by atomic mass is 10.2. The van der Waals surface area contributed by atoms with E-state index in [9.17, 15) is 4.79 Å². The minimum absolute atomic E-state index is 0.122. The molecule has 3 aromatic heterocycles. The number of rotatable bonds is 9. The molecule has 0 bridgehead atoms. The highest BCUT2D eigenvalue weighted by Gasteiger charge is 2.23. The van der Waals surface area contributed by atoms with Gasteiger partial charge in [-0.15, -0.1) is 32.9 Å². The first-order valence-electron chi connectivity index (χ1n) is 11.4. The number of aromatic nitrogens is 4. The quantitative estimate of drug-likeness (QED) is 0.229. The van der Waals surface area contributed by atoms with Gasteiger partial charge in [-0.25, -0.2) is 4.98 Å². The van der Waals surface area contributed by atoms with Gasteiger partial charge in [-0.05, 0) is 37.5 Å². The van der Waals surface area contributed by atoms with Crippen molar-refractivity contribution in [1.82, 2.24) is 19.7 Å². The van der Waals surface area contributed by atoms with Gasteiger partial charge in [-0.1, -0.05) is 46.7 Å². The molecule has 0 saturated carbocycles. The van der Waals surface area contributed by atoms with E-state index in [0.717, 1.165) is 58.1 Å². The van der Waals surface area contributed by atoms with Crippen LogP contribution in [0.5, 0.6) is 0 Å². The molecule has 0 spiro atoms. The average Bonchev–Trinajstić information content (AvgIpc) is 3.66. The predicted octanol–water partition coefficient (Wildman–Crippen LogP) is 6.36. The molecule has 1 fully saturated rings. The van der Waals surface area contributed by atoms with Gasteiger partial charge in [0.05, 0.1) is 24.1 Å². The Kier molecular flexibility index (Phi) is 7.98. The molecule has 1 unspecified atom stereocenters. The van der Waals surface area contributed by atoms with Crippen molar-refractivity contribution < 1.29 is 9.53 Å². The van der Waals surface area contributed by atoms with Crippen LogP contribution in [0.15, 0.2) is 50.7 Å². The maximum Gasteiger partial charge on any atom is 0.236 e. The number of ether oxygens (including phenoxy) is 1. The fourth-order valence-corrected chi connectivity index (χ4v) is 6.38. The van der Waals surface area contributed by atoms with Crippen molar-refractivity contribution in [2.75, 3.05) is 17.7 Å². The van der Waals surface area contributed by atoms with Gasteiger partial charge in [0.15, 0.2) is 16.1 Å². The number of benzene rings is 1. The Morgan fingerprint density at radius 1 is 1.23 bits per heavy atom. The van der Waals surface area contributed by atoms with E-state index in [1.807, 2.05) is 29.6 Å². The Labute approximate surface area is 224 Å². The lowest BCUT2D eigenvalue weighted by Gasteiger charge is -2.14. The van der Waals surface area contributed by atoms with E-state index in [-0.39, 0.29) is 17.8 Å². The first-order valence-corrected chi connectivity index (χ1v) is 14.9. The Morgan fingerprint density at radius 2 is 2.09 bits per heavy atom. The number of amides is 1. The van der Waals surface area contributed by atoms with Crippen molar-refractivity contribution in [2.45, 2.75) is 44.0 Å². The van der Waals surface area contributed by atoms with Crippen molar-refractivity contribution in [3.63, 3.8) is 0 Å². The molecule has 0 radical (unpaired) electrons. The zero-order chi connectivity index (χ0) is 24.2. The number of hydrogen-bond donors (Lipinski definition) is 1. The zero-order valence-electron chi connectivity index (χ0n) is 19.1. The molecule has 35 heavy (non-hydrogen) atoms. The van der Waals surface area contributed by atoms with Crippen molar-refractivity contribution >= 4 is 61.4 Å². The standard InChI is InChI=1S/C24H24BrN5O2S3/c1-2-19-10-16(12-33-19)22-28-29-24(30(22)11-18-4-3-9-32-18)35-14-21(31)27-23-26-20(13-34-23)15-5-7-17(25)8-6-15/h5-8,10,12-13,18H,2-4,9,11,14H2,1H3,(H,26,27,31). The van der Waals surface area contributed by atoms with Gasteiger partial charge in [0.2, 0.25) is 5.91 Å². The molecule has 5 rings (SSSR count). The first kappa shape index (κ1) is 24.6. The maximum absolute atomic E-state index is 12.7. The monoisotopic (exact) mass is 589 g/mol. The van der Waals surface area contributed by atoms with Crippen LogP contribution in [-0.4, -0.2) is 44.1 Å². The second-order valence-corrected chi connectivity index (χ2v) is 11.8. The molecule has 4 aromatic rings. The number of halogens is 1. The smallest absolute Gasteiger partial charge is 0.236 e. The molecular weight excluding hydrogens is 566 g/mol. The summed E-state index contributed by atoms with van der Waals surface area (Å²) in [4.78, 5) is 18.6. The van der Waals surface area contributed by atoms with Crippen LogP contribution in [0.4, 0.5) is 5.13 Å². The van der Waals surface area contributed by atoms with Crippen LogP contribution in [0.25, 0.3) is 22.6 Å². The van der Waals surface area contributed by atoms with Crippen LogP contribution >= 0.6 is 50.4 Å². The maximum atomic E-state index is 12.7. The summed E-state index contributed by atoms with van der Waals surface area (Å²) in [5.41, 5.74) is 2.92. The number of thioether (sulfide) groups is 1. The van der Waals surface area contributed by atoms with Crippen LogP contribution in [0, 0.1) is 0 Å². The van der Waals surface area contributed by atoms with E-state index in [4.69, 9.17) is 4.74 Å². The summed E-state index contributed by atoms with van der Waals surface area (Å²) in [5, 5.41) is 17.2. The highest BCUT2D eigenvalue weighted by molar-refractivity contribution is 9.10. The molecule has 1 N–H and O–H groups in total. The van der Waals surface area contributed by atoms with Gasteiger partial charge in [-0.3, -0.25) is 9.36 Å². The van der Waals surface area contributed by atoms with Crippen LogP contribution in [0.2, 0.25) is 0 Å². The van der Waals surface area contributed by atoms with E-state index in [0.29, 0.717) is 11.7 Å². The van der Waals surface area contributed by atoms with Gasteiger partial charge in [0.25, 0.3) is 0 Å². The Hall–Kier alpha value is -2.05. The Balaban J connectivity index is 1.26. The highest BCUT2D eigenvalue weighted by atomic mass is 79.9. The molecular formula is C24H24BrN5O2S3. The highest BCUT2D eigenvalue weighted by Crippen LogP contribution is 2.30. The van der Waals surface area contributed by atoms with E-state index >= 15 is 0 Å². The normalized spacial score (nSPS) is 15.5. The number of anilines is 1. The second-order valence-electron chi connectivity index (χ2n) is 8.09. The SMILES string of the molecule is CCc1cc(-c2nnc(SCC(=O)Nc3nc(-c4ccc(Br)cc4)cs3)n2CC2CCCO2)cs1. The summed E-state index contributed by atoms with van der Waals surface area (Å²) in [7, 11) is 0. The van der Waals surface area contributed by atoms with Gasteiger partial charge >= 0.3 is 0 Å². The lowest BCUT2D eigenvalue weighted by molar-refractivity contribution is -0.113. The Morgan fingerprint density at radius 3 is 2.83 bits per heavy atom. The van der Waals surface area contributed by atoms with Gasteiger partial charge in [0.1, 0.15) is 0 Å². The third-order valence-corrected chi connectivity index (χ3v) is 8.94. The number of thiazole rings is 1. The van der Waals surface area contributed by atoms with E-state index in [2.05, 4.69) is 59.4 Å². The zero-order valence-corrected chi connectivity index (χ0v) is 23.1. The van der Waals surface area contributed by atoms with Crippen LogP contribution in [0.3, 0.4) is 0 Å². The van der Waals surface area contributed by atoms with Gasteiger partial charge < -0.3 is 10.1 Å². The number of carbonyl (C=O) groups is 1. The summed E-state index contributed by atoms with van der Waals surface area (Å²) in [5.74, 6) is 0.933. The molecule has 11 heteroatoms. The van der Waals surface area contributed by atoms with Crippen molar-refractivity contribution in [3.8, 4) is 22.6 Å². The predicted molar refractivity (Wildman–Crippen MR) is 146 cm³/mol. The summed E-state index contributed by atoms with van der Waals surface area (Å²) < 4.78 is 8.99. The summed E-state index contributed by atoms with van der Waals surface area (Å²) >= 11 is 7.98. The first-order chi connectivity index (χ1) is 17.1. The molecule has 1 aromatic carbocycles. The van der Waals surface area contributed by atoms with Crippen molar-refractivity contribution in [2.24, 2.45) is 0 Å². The largest absolute Gasteiger partial charge is 0.376 e. The van der Waals surface area contributed by atoms with Gasteiger partial charge in [-0.2, -0.15) is 0 Å². The third-order valence-electron chi connectivity index (χ3n) is 5.61. The van der Waals surface area contributed by atoms with Gasteiger partial charge in [0, 0.05) is 37.8 Å². The summed E-state index contributed by atoms with van der Waals surface area (Å²) in [6.45, 7) is 3.63. The third kappa shape index (κ3) is 6.03. The minimum Gasteiger partial charge on any atom is -0.376 e.